The Balaban J connectivity index is 0.00000225. The highest BCUT2D eigenvalue weighted by Crippen LogP contribution is 2.15. The van der Waals surface area contributed by atoms with Gasteiger partial charge in [-0.05, 0) is 25.8 Å². The Hall–Kier alpha value is -0.870. The molecule has 92 valence electrons. The van der Waals surface area contributed by atoms with Gasteiger partial charge in [-0.15, -0.1) is 12.4 Å². The Kier molecular flexibility index (Phi) is 7.85. The Morgan fingerprint density at radius 1 is 1.00 bits per heavy atom. The highest BCUT2D eigenvalue weighted by molar-refractivity contribution is 5.85. The summed E-state index contributed by atoms with van der Waals surface area (Å²) in [4.78, 5) is 0. The van der Waals surface area contributed by atoms with Crippen molar-refractivity contribution in [2.75, 3.05) is 13.2 Å². The molecular formula is C11H16ClF2NO. The van der Waals surface area contributed by atoms with Crippen molar-refractivity contribution in [3.8, 4) is 5.75 Å². The van der Waals surface area contributed by atoms with Gasteiger partial charge < -0.3 is 10.5 Å². The van der Waals surface area contributed by atoms with Gasteiger partial charge in [0.2, 0.25) is 0 Å². The number of hydrogen-bond donors (Lipinski definition) is 1. The molecule has 1 rings (SSSR count). The first-order valence-electron chi connectivity index (χ1n) is 5.01. The summed E-state index contributed by atoms with van der Waals surface area (Å²) in [7, 11) is 0. The molecule has 0 amide bonds. The van der Waals surface area contributed by atoms with Gasteiger partial charge in [-0.25, -0.2) is 8.78 Å². The maximum atomic E-state index is 12.7. The van der Waals surface area contributed by atoms with Crippen molar-refractivity contribution in [2.45, 2.75) is 19.3 Å². The van der Waals surface area contributed by atoms with E-state index in [1.165, 1.54) is 12.1 Å². The molecule has 2 nitrogen and oxygen atoms in total. The van der Waals surface area contributed by atoms with Gasteiger partial charge in [0.1, 0.15) is 17.4 Å². The Morgan fingerprint density at radius 3 is 2.19 bits per heavy atom. The first-order chi connectivity index (χ1) is 7.22. The van der Waals surface area contributed by atoms with E-state index < -0.39 is 11.6 Å². The predicted molar refractivity (Wildman–Crippen MR) is 62.0 cm³/mol. The van der Waals surface area contributed by atoms with Crippen molar-refractivity contribution in [2.24, 2.45) is 5.73 Å². The molecule has 2 N–H and O–H groups in total. The number of benzene rings is 1. The van der Waals surface area contributed by atoms with E-state index in [-0.39, 0.29) is 18.2 Å². The minimum absolute atomic E-state index is 0. The third-order valence-corrected chi connectivity index (χ3v) is 1.95. The van der Waals surface area contributed by atoms with Crippen LogP contribution < -0.4 is 10.5 Å². The highest BCUT2D eigenvalue weighted by atomic mass is 35.5. The van der Waals surface area contributed by atoms with E-state index in [2.05, 4.69) is 0 Å². The van der Waals surface area contributed by atoms with Crippen LogP contribution in [0.4, 0.5) is 8.78 Å². The summed E-state index contributed by atoms with van der Waals surface area (Å²) in [6, 6.07) is 3.17. The maximum absolute atomic E-state index is 12.7. The molecule has 0 bridgehead atoms. The van der Waals surface area contributed by atoms with Crippen molar-refractivity contribution in [1.82, 2.24) is 0 Å². The second kappa shape index (κ2) is 8.30. The largest absolute Gasteiger partial charge is 0.493 e. The zero-order chi connectivity index (χ0) is 11.1. The van der Waals surface area contributed by atoms with Gasteiger partial charge in [-0.1, -0.05) is 0 Å². The maximum Gasteiger partial charge on any atom is 0.129 e. The smallest absolute Gasteiger partial charge is 0.129 e. The molecule has 0 aliphatic rings. The molecule has 0 saturated heterocycles. The third kappa shape index (κ3) is 5.88. The lowest BCUT2D eigenvalue weighted by atomic mass is 10.2. The van der Waals surface area contributed by atoms with Gasteiger partial charge in [0.15, 0.2) is 0 Å². The molecule has 0 aliphatic carbocycles. The summed E-state index contributed by atoms with van der Waals surface area (Å²) < 4.78 is 30.6. The third-order valence-electron chi connectivity index (χ3n) is 1.95. The number of halogens is 3. The van der Waals surface area contributed by atoms with E-state index in [0.29, 0.717) is 13.2 Å². The predicted octanol–water partition coefficient (Wildman–Crippen LogP) is 2.89. The lowest BCUT2D eigenvalue weighted by molar-refractivity contribution is 0.302. The monoisotopic (exact) mass is 251 g/mol. The van der Waals surface area contributed by atoms with Crippen LogP contribution in [-0.4, -0.2) is 13.2 Å². The molecule has 0 fully saturated rings. The van der Waals surface area contributed by atoms with E-state index in [9.17, 15) is 8.78 Å². The first kappa shape index (κ1) is 15.1. The van der Waals surface area contributed by atoms with E-state index in [1.54, 1.807) is 0 Å². The van der Waals surface area contributed by atoms with Crippen LogP contribution >= 0.6 is 12.4 Å². The fraction of sp³-hybridized carbons (Fsp3) is 0.455. The van der Waals surface area contributed by atoms with Crippen LogP contribution in [0.3, 0.4) is 0 Å². The number of unbranched alkanes of at least 4 members (excludes halogenated alkanes) is 2. The molecule has 0 aliphatic heterocycles. The molecule has 1 aromatic carbocycles. The zero-order valence-corrected chi connectivity index (χ0v) is 9.73. The second-order valence-electron chi connectivity index (χ2n) is 3.30. The minimum atomic E-state index is -0.619. The summed E-state index contributed by atoms with van der Waals surface area (Å²) in [5.41, 5.74) is 5.32. The number of rotatable bonds is 6. The molecule has 16 heavy (non-hydrogen) atoms. The van der Waals surface area contributed by atoms with Crippen molar-refractivity contribution >= 4 is 12.4 Å². The second-order valence-corrected chi connectivity index (χ2v) is 3.30. The fourth-order valence-corrected chi connectivity index (χ4v) is 1.23. The number of ether oxygens (including phenoxy) is 1. The summed E-state index contributed by atoms with van der Waals surface area (Å²) in [5, 5.41) is 0. The lowest BCUT2D eigenvalue weighted by Crippen LogP contribution is -2.02. The first-order valence-corrected chi connectivity index (χ1v) is 5.01. The zero-order valence-electron chi connectivity index (χ0n) is 8.92. The van der Waals surface area contributed by atoms with Crippen molar-refractivity contribution in [3.05, 3.63) is 29.8 Å². The van der Waals surface area contributed by atoms with Crippen molar-refractivity contribution in [3.63, 3.8) is 0 Å². The molecule has 0 heterocycles. The average molecular weight is 252 g/mol. The van der Waals surface area contributed by atoms with E-state index in [0.717, 1.165) is 25.3 Å². The Labute approximate surface area is 100 Å². The molecular weight excluding hydrogens is 236 g/mol. The summed E-state index contributed by atoms with van der Waals surface area (Å²) >= 11 is 0. The van der Waals surface area contributed by atoms with Gasteiger partial charge in [-0.2, -0.15) is 0 Å². The molecule has 0 radical (unpaired) electrons. The van der Waals surface area contributed by atoms with Gasteiger partial charge in [0, 0.05) is 18.2 Å². The van der Waals surface area contributed by atoms with Crippen LogP contribution in [0, 0.1) is 11.6 Å². The lowest BCUT2D eigenvalue weighted by Gasteiger charge is -2.05. The Morgan fingerprint density at radius 2 is 1.62 bits per heavy atom. The minimum Gasteiger partial charge on any atom is -0.493 e. The van der Waals surface area contributed by atoms with Gasteiger partial charge in [-0.3, -0.25) is 0 Å². The van der Waals surface area contributed by atoms with Crippen LogP contribution in [-0.2, 0) is 0 Å². The summed E-state index contributed by atoms with van der Waals surface area (Å²) in [6.07, 6.45) is 2.75. The summed E-state index contributed by atoms with van der Waals surface area (Å²) in [6.45, 7) is 1.12. The molecule has 0 spiro atoms. The normalized spacial score (nSPS) is 9.69. The van der Waals surface area contributed by atoms with Gasteiger partial charge >= 0.3 is 0 Å². The van der Waals surface area contributed by atoms with Crippen LogP contribution in [0.1, 0.15) is 19.3 Å². The van der Waals surface area contributed by atoms with Gasteiger partial charge in [0.25, 0.3) is 0 Å². The highest BCUT2D eigenvalue weighted by Gasteiger charge is 2.00. The molecule has 5 heteroatoms. The topological polar surface area (TPSA) is 35.2 Å². The SMILES string of the molecule is Cl.NCCCCCOc1cc(F)cc(F)c1. The van der Waals surface area contributed by atoms with Crippen LogP contribution in [0.25, 0.3) is 0 Å². The van der Waals surface area contributed by atoms with Crippen LogP contribution in [0.15, 0.2) is 18.2 Å². The Bertz CT molecular complexity index is 290. The van der Waals surface area contributed by atoms with Gasteiger partial charge in [0.05, 0.1) is 6.61 Å². The fourth-order valence-electron chi connectivity index (χ4n) is 1.23. The van der Waals surface area contributed by atoms with Crippen LogP contribution in [0.5, 0.6) is 5.75 Å². The van der Waals surface area contributed by atoms with E-state index in [1.807, 2.05) is 0 Å². The quantitative estimate of drug-likeness (QED) is 0.789. The van der Waals surface area contributed by atoms with E-state index >= 15 is 0 Å². The molecule has 1 aromatic rings. The average Bonchev–Trinajstić information content (AvgIpc) is 2.16. The molecule has 0 unspecified atom stereocenters. The molecule has 0 saturated carbocycles. The van der Waals surface area contributed by atoms with E-state index in [4.69, 9.17) is 10.5 Å². The van der Waals surface area contributed by atoms with Crippen molar-refractivity contribution in [1.29, 1.82) is 0 Å². The summed E-state index contributed by atoms with van der Waals surface area (Å²) in [5.74, 6) is -1.00. The molecule has 0 atom stereocenters. The molecule has 0 aromatic heterocycles. The van der Waals surface area contributed by atoms with Crippen molar-refractivity contribution < 1.29 is 13.5 Å². The van der Waals surface area contributed by atoms with Crippen LogP contribution in [0.2, 0.25) is 0 Å². The number of hydrogen-bond acceptors (Lipinski definition) is 2. The standard InChI is InChI=1S/C11H15F2NO.ClH/c12-9-6-10(13)8-11(7-9)15-5-3-1-2-4-14;/h6-8H,1-5,14H2;1H. The number of nitrogens with two attached hydrogens (primary N) is 1.